The fraction of sp³-hybridized carbons (Fsp3) is 0.0667. The lowest BCUT2D eigenvalue weighted by Gasteiger charge is -2.03. The third kappa shape index (κ3) is 4.05. The van der Waals surface area contributed by atoms with E-state index in [4.69, 9.17) is 0 Å². The van der Waals surface area contributed by atoms with Gasteiger partial charge >= 0.3 is 0 Å². The third-order valence-corrected chi connectivity index (χ3v) is 3.99. The molecule has 0 heterocycles. The summed E-state index contributed by atoms with van der Waals surface area (Å²) in [5, 5.41) is 0. The molecule has 0 aliphatic heterocycles. The molecule has 0 fully saturated rings. The quantitative estimate of drug-likeness (QED) is 0.910. The van der Waals surface area contributed by atoms with Gasteiger partial charge in [0.15, 0.2) is 0 Å². The van der Waals surface area contributed by atoms with Gasteiger partial charge in [0, 0.05) is 6.54 Å². The van der Waals surface area contributed by atoms with E-state index in [1.165, 1.54) is 0 Å². The fourth-order valence-corrected chi connectivity index (χ4v) is 2.60. The maximum Gasteiger partial charge on any atom is 0.240 e. The van der Waals surface area contributed by atoms with Crippen LogP contribution in [0.25, 0.3) is 6.08 Å². The summed E-state index contributed by atoms with van der Waals surface area (Å²) in [4.78, 5) is 0.281. The van der Waals surface area contributed by atoms with Gasteiger partial charge in [0.2, 0.25) is 10.0 Å². The first kappa shape index (κ1) is 13.5. The number of sulfonamides is 1. The average Bonchev–Trinajstić information content (AvgIpc) is 2.46. The van der Waals surface area contributed by atoms with Gasteiger partial charge in [0.1, 0.15) is 0 Å². The minimum atomic E-state index is -3.42. The molecule has 0 bridgehead atoms. The predicted molar refractivity (Wildman–Crippen MR) is 77.1 cm³/mol. The van der Waals surface area contributed by atoms with Crippen LogP contribution in [0.1, 0.15) is 5.56 Å². The Morgan fingerprint density at radius 1 is 0.895 bits per heavy atom. The van der Waals surface area contributed by atoms with Crippen molar-refractivity contribution in [3.8, 4) is 0 Å². The molecule has 0 amide bonds. The largest absolute Gasteiger partial charge is 0.240 e. The van der Waals surface area contributed by atoms with E-state index in [-0.39, 0.29) is 11.4 Å². The van der Waals surface area contributed by atoms with Crippen LogP contribution in [0.2, 0.25) is 0 Å². The van der Waals surface area contributed by atoms with Gasteiger partial charge in [-0.2, -0.15) is 0 Å². The lowest BCUT2D eigenvalue weighted by molar-refractivity contribution is 0.585. The molecule has 0 saturated heterocycles. The highest BCUT2D eigenvalue weighted by molar-refractivity contribution is 7.89. The monoisotopic (exact) mass is 273 g/mol. The molecule has 0 aliphatic carbocycles. The van der Waals surface area contributed by atoms with Crippen LogP contribution >= 0.6 is 0 Å². The minimum Gasteiger partial charge on any atom is -0.207 e. The number of rotatable bonds is 5. The van der Waals surface area contributed by atoms with Crippen molar-refractivity contribution in [2.24, 2.45) is 0 Å². The first-order valence-corrected chi connectivity index (χ1v) is 7.43. The number of hydrogen-bond donors (Lipinski definition) is 1. The van der Waals surface area contributed by atoms with Gasteiger partial charge in [-0.05, 0) is 17.7 Å². The summed E-state index contributed by atoms with van der Waals surface area (Å²) in [6, 6.07) is 18.1. The molecule has 0 atom stereocenters. The standard InChI is InChI=1S/C15H15NO2S/c17-19(18,15-11-5-2-6-12-15)16-13-7-10-14-8-3-1-4-9-14/h1-12,16H,13H2/b10-7-. The van der Waals surface area contributed by atoms with Gasteiger partial charge in [-0.3, -0.25) is 0 Å². The lowest BCUT2D eigenvalue weighted by atomic mass is 10.2. The van der Waals surface area contributed by atoms with E-state index in [2.05, 4.69) is 4.72 Å². The molecule has 0 aliphatic rings. The molecule has 0 unspecified atom stereocenters. The van der Waals surface area contributed by atoms with Gasteiger partial charge in [0.05, 0.1) is 4.90 Å². The van der Waals surface area contributed by atoms with Crippen LogP contribution in [0, 0.1) is 0 Å². The van der Waals surface area contributed by atoms with Crippen molar-refractivity contribution in [1.29, 1.82) is 0 Å². The maximum atomic E-state index is 11.9. The Hall–Kier alpha value is -1.91. The molecular formula is C15H15NO2S. The molecule has 0 aromatic heterocycles. The maximum absolute atomic E-state index is 11.9. The van der Waals surface area contributed by atoms with E-state index in [0.717, 1.165) is 5.56 Å². The van der Waals surface area contributed by atoms with E-state index < -0.39 is 10.0 Å². The zero-order chi connectivity index (χ0) is 13.6. The highest BCUT2D eigenvalue weighted by Gasteiger charge is 2.10. The Labute approximate surface area is 113 Å². The smallest absolute Gasteiger partial charge is 0.207 e. The molecule has 2 aromatic rings. The Morgan fingerprint density at radius 3 is 2.11 bits per heavy atom. The van der Waals surface area contributed by atoms with E-state index in [0.29, 0.717) is 0 Å². The van der Waals surface area contributed by atoms with Crippen molar-refractivity contribution in [1.82, 2.24) is 4.72 Å². The van der Waals surface area contributed by atoms with Crippen LogP contribution in [0.4, 0.5) is 0 Å². The van der Waals surface area contributed by atoms with Gasteiger partial charge < -0.3 is 0 Å². The molecular weight excluding hydrogens is 258 g/mol. The fourth-order valence-electron chi connectivity index (χ4n) is 1.60. The van der Waals surface area contributed by atoms with Crippen molar-refractivity contribution in [3.05, 3.63) is 72.3 Å². The highest BCUT2D eigenvalue weighted by Crippen LogP contribution is 2.06. The number of hydrogen-bond acceptors (Lipinski definition) is 2. The van der Waals surface area contributed by atoms with Gasteiger partial charge in [-0.1, -0.05) is 60.7 Å². The molecule has 2 aromatic carbocycles. The molecule has 1 N–H and O–H groups in total. The number of nitrogens with one attached hydrogen (secondary N) is 1. The van der Waals surface area contributed by atoms with E-state index >= 15 is 0 Å². The van der Waals surface area contributed by atoms with E-state index in [9.17, 15) is 8.42 Å². The molecule has 0 radical (unpaired) electrons. The second kappa shape index (κ2) is 6.31. The molecule has 98 valence electrons. The summed E-state index contributed by atoms with van der Waals surface area (Å²) in [5.74, 6) is 0. The van der Waals surface area contributed by atoms with Crippen LogP contribution in [0.3, 0.4) is 0 Å². The van der Waals surface area contributed by atoms with Crippen molar-refractivity contribution in [3.63, 3.8) is 0 Å². The van der Waals surface area contributed by atoms with Crippen LogP contribution in [0.5, 0.6) is 0 Å². The van der Waals surface area contributed by atoms with Crippen LogP contribution in [0.15, 0.2) is 71.6 Å². The molecule has 0 saturated carbocycles. The number of benzene rings is 2. The Morgan fingerprint density at radius 2 is 1.47 bits per heavy atom. The molecule has 3 nitrogen and oxygen atoms in total. The van der Waals surface area contributed by atoms with Crippen LogP contribution in [-0.4, -0.2) is 15.0 Å². The Balaban J connectivity index is 1.95. The minimum absolute atomic E-state index is 0.270. The molecule has 4 heteroatoms. The molecule has 2 rings (SSSR count). The lowest BCUT2D eigenvalue weighted by Crippen LogP contribution is -2.23. The summed E-state index contributed by atoms with van der Waals surface area (Å²) in [7, 11) is -3.42. The molecule has 19 heavy (non-hydrogen) atoms. The van der Waals surface area contributed by atoms with Crippen LogP contribution in [-0.2, 0) is 10.0 Å². The van der Waals surface area contributed by atoms with Crippen molar-refractivity contribution in [2.75, 3.05) is 6.54 Å². The Bertz CT molecular complexity index is 634. The summed E-state index contributed by atoms with van der Waals surface area (Å²) in [6.45, 7) is 0.270. The first-order chi connectivity index (χ1) is 9.18. The van der Waals surface area contributed by atoms with Gasteiger partial charge in [-0.25, -0.2) is 13.1 Å². The second-order valence-corrected chi connectivity index (χ2v) is 5.74. The first-order valence-electron chi connectivity index (χ1n) is 5.95. The van der Waals surface area contributed by atoms with Gasteiger partial charge in [0.25, 0.3) is 0 Å². The summed E-state index contributed by atoms with van der Waals surface area (Å²) in [5.41, 5.74) is 1.04. The highest BCUT2D eigenvalue weighted by atomic mass is 32.2. The zero-order valence-electron chi connectivity index (χ0n) is 10.4. The van der Waals surface area contributed by atoms with Gasteiger partial charge in [-0.15, -0.1) is 0 Å². The second-order valence-electron chi connectivity index (χ2n) is 3.98. The summed E-state index contributed by atoms with van der Waals surface area (Å²) >= 11 is 0. The van der Waals surface area contributed by atoms with E-state index in [1.807, 2.05) is 36.4 Å². The summed E-state index contributed by atoms with van der Waals surface area (Å²) < 4.78 is 26.3. The Kier molecular flexibility index (Phi) is 4.49. The van der Waals surface area contributed by atoms with Crippen molar-refractivity contribution >= 4 is 16.1 Å². The van der Waals surface area contributed by atoms with Crippen LogP contribution < -0.4 is 4.72 Å². The average molecular weight is 273 g/mol. The molecule has 0 spiro atoms. The SMILES string of the molecule is O=S(=O)(NC/C=C\c1ccccc1)c1ccccc1. The third-order valence-electron chi connectivity index (χ3n) is 2.55. The van der Waals surface area contributed by atoms with Crippen molar-refractivity contribution < 1.29 is 8.42 Å². The predicted octanol–water partition coefficient (Wildman–Crippen LogP) is 2.68. The topological polar surface area (TPSA) is 46.2 Å². The normalized spacial score (nSPS) is 11.8. The summed E-state index contributed by atoms with van der Waals surface area (Å²) in [6.07, 6.45) is 3.67. The van der Waals surface area contributed by atoms with Crippen molar-refractivity contribution in [2.45, 2.75) is 4.90 Å². The van der Waals surface area contributed by atoms with E-state index in [1.54, 1.807) is 36.4 Å². The zero-order valence-corrected chi connectivity index (χ0v) is 11.2.